The number of carbonyl (C=O) groups is 1. The third kappa shape index (κ3) is 2.01. The molecule has 118 valence electrons. The van der Waals surface area contributed by atoms with Gasteiger partial charge in [-0.25, -0.2) is 0 Å². The maximum absolute atomic E-state index is 13.0. The first-order valence-corrected chi connectivity index (χ1v) is 7.82. The van der Waals surface area contributed by atoms with Gasteiger partial charge in [-0.05, 0) is 36.1 Å². The molecule has 0 N–H and O–H groups in total. The van der Waals surface area contributed by atoms with Crippen molar-refractivity contribution in [1.82, 2.24) is 4.90 Å². The number of carbonyl (C=O) groups excluding carboxylic acids is 1. The largest absolute Gasteiger partial charge is 0.493 e. The monoisotopic (exact) mass is 309 g/mol. The molecule has 2 aromatic rings. The molecule has 0 atom stereocenters. The van der Waals surface area contributed by atoms with E-state index in [1.807, 2.05) is 35.2 Å². The zero-order valence-corrected chi connectivity index (χ0v) is 13.3. The van der Waals surface area contributed by atoms with E-state index in [-0.39, 0.29) is 11.4 Å². The first kappa shape index (κ1) is 14.1. The molecule has 1 aliphatic heterocycles. The minimum absolute atomic E-state index is 0.0855. The van der Waals surface area contributed by atoms with Gasteiger partial charge in [-0.2, -0.15) is 0 Å². The van der Waals surface area contributed by atoms with Crippen LogP contribution in [-0.4, -0.2) is 25.0 Å². The molecule has 4 heteroatoms. The molecule has 4 rings (SSSR count). The Morgan fingerprint density at radius 2 is 1.70 bits per heavy atom. The van der Waals surface area contributed by atoms with Crippen molar-refractivity contribution in [2.24, 2.45) is 0 Å². The number of rotatable bonds is 4. The molecule has 23 heavy (non-hydrogen) atoms. The van der Waals surface area contributed by atoms with E-state index < -0.39 is 0 Å². The number of hydrogen-bond acceptors (Lipinski definition) is 3. The molecule has 0 saturated heterocycles. The molecule has 1 fully saturated rings. The number of fused-ring (bicyclic) bond motifs is 2. The highest BCUT2D eigenvalue weighted by atomic mass is 16.5. The van der Waals surface area contributed by atoms with Gasteiger partial charge in [0.2, 0.25) is 0 Å². The van der Waals surface area contributed by atoms with Crippen LogP contribution in [0.25, 0.3) is 0 Å². The van der Waals surface area contributed by atoms with Crippen LogP contribution in [0.4, 0.5) is 0 Å². The van der Waals surface area contributed by atoms with Gasteiger partial charge >= 0.3 is 0 Å². The van der Waals surface area contributed by atoms with Gasteiger partial charge in [0.1, 0.15) is 0 Å². The molecule has 2 aromatic carbocycles. The molecule has 1 heterocycles. The molecule has 0 unspecified atom stereocenters. The van der Waals surface area contributed by atoms with Gasteiger partial charge in [-0.3, -0.25) is 4.79 Å². The van der Waals surface area contributed by atoms with Crippen LogP contribution in [0.3, 0.4) is 0 Å². The molecule has 0 radical (unpaired) electrons. The molecule has 1 saturated carbocycles. The third-order valence-corrected chi connectivity index (χ3v) is 4.92. The van der Waals surface area contributed by atoms with Crippen molar-refractivity contribution in [3.05, 3.63) is 59.2 Å². The molecule has 0 aromatic heterocycles. The van der Waals surface area contributed by atoms with E-state index >= 15 is 0 Å². The Hall–Kier alpha value is -2.49. The summed E-state index contributed by atoms with van der Waals surface area (Å²) in [4.78, 5) is 15.0. The Morgan fingerprint density at radius 1 is 1.04 bits per heavy atom. The minimum Gasteiger partial charge on any atom is -0.493 e. The number of amides is 1. The second kappa shape index (κ2) is 5.01. The van der Waals surface area contributed by atoms with Gasteiger partial charge in [0.05, 0.1) is 19.8 Å². The molecule has 1 amide bonds. The van der Waals surface area contributed by atoms with Crippen LogP contribution >= 0.6 is 0 Å². The average molecular weight is 309 g/mol. The summed E-state index contributed by atoms with van der Waals surface area (Å²) < 4.78 is 10.8. The molecule has 2 aliphatic rings. The molecular formula is C19H19NO3. The van der Waals surface area contributed by atoms with Crippen LogP contribution in [0.5, 0.6) is 11.5 Å². The lowest BCUT2D eigenvalue weighted by molar-refractivity contribution is 0.0683. The van der Waals surface area contributed by atoms with Gasteiger partial charge in [0, 0.05) is 12.1 Å². The van der Waals surface area contributed by atoms with Gasteiger partial charge < -0.3 is 14.4 Å². The summed E-state index contributed by atoms with van der Waals surface area (Å²) in [5.74, 6) is 1.38. The van der Waals surface area contributed by atoms with E-state index in [0.717, 1.165) is 29.5 Å². The molecule has 1 spiro atoms. The fraction of sp³-hybridized carbons (Fsp3) is 0.316. The summed E-state index contributed by atoms with van der Waals surface area (Å²) in [6.45, 7) is 0.638. The number of hydrogen-bond donors (Lipinski definition) is 0. The first-order chi connectivity index (χ1) is 11.2. The van der Waals surface area contributed by atoms with Crippen molar-refractivity contribution >= 4 is 5.91 Å². The van der Waals surface area contributed by atoms with Gasteiger partial charge in [0.25, 0.3) is 5.91 Å². The third-order valence-electron chi connectivity index (χ3n) is 4.92. The second-order valence-electron chi connectivity index (χ2n) is 6.16. The maximum Gasteiger partial charge on any atom is 0.255 e. The lowest BCUT2D eigenvalue weighted by Gasteiger charge is -2.25. The standard InChI is InChI=1S/C19H19NO3/c1-22-16-10-14-15(11-17(16)23-2)19(8-9-19)20(18(14)21)12-13-6-4-3-5-7-13/h3-7,10-11H,8-9,12H2,1-2H3. The zero-order valence-electron chi connectivity index (χ0n) is 13.3. The lowest BCUT2D eigenvalue weighted by Crippen LogP contribution is -2.32. The van der Waals surface area contributed by atoms with E-state index in [2.05, 4.69) is 12.1 Å². The molecule has 0 bridgehead atoms. The smallest absolute Gasteiger partial charge is 0.255 e. The second-order valence-corrected chi connectivity index (χ2v) is 6.16. The quantitative estimate of drug-likeness (QED) is 0.869. The summed E-state index contributed by atoms with van der Waals surface area (Å²) in [7, 11) is 3.22. The summed E-state index contributed by atoms with van der Waals surface area (Å²) in [5.41, 5.74) is 2.83. The maximum atomic E-state index is 13.0. The van der Waals surface area contributed by atoms with Crippen LogP contribution in [0, 0.1) is 0 Å². The Labute approximate surface area is 135 Å². The minimum atomic E-state index is -0.151. The highest BCUT2D eigenvalue weighted by molar-refractivity contribution is 6.01. The summed E-state index contributed by atoms with van der Waals surface area (Å²) >= 11 is 0. The predicted molar refractivity (Wildman–Crippen MR) is 86.8 cm³/mol. The van der Waals surface area contributed by atoms with E-state index in [4.69, 9.17) is 9.47 Å². The lowest BCUT2D eigenvalue weighted by atomic mass is 10.0. The van der Waals surface area contributed by atoms with Crippen molar-refractivity contribution in [3.63, 3.8) is 0 Å². The first-order valence-electron chi connectivity index (χ1n) is 7.82. The highest BCUT2D eigenvalue weighted by Gasteiger charge is 2.58. The molecular weight excluding hydrogens is 290 g/mol. The SMILES string of the molecule is COc1cc2c(cc1OC)C1(CC1)N(Cc1ccccc1)C2=O. The van der Waals surface area contributed by atoms with Crippen LogP contribution < -0.4 is 9.47 Å². The van der Waals surface area contributed by atoms with Crippen LogP contribution in [0.15, 0.2) is 42.5 Å². The van der Waals surface area contributed by atoms with Gasteiger partial charge in [-0.1, -0.05) is 30.3 Å². The van der Waals surface area contributed by atoms with Gasteiger partial charge in [0.15, 0.2) is 11.5 Å². The van der Waals surface area contributed by atoms with Crippen LogP contribution in [0.1, 0.15) is 34.3 Å². The predicted octanol–water partition coefficient (Wildman–Crippen LogP) is 3.35. The van der Waals surface area contributed by atoms with Crippen molar-refractivity contribution in [1.29, 1.82) is 0 Å². The Kier molecular flexibility index (Phi) is 3.08. The van der Waals surface area contributed by atoms with Crippen molar-refractivity contribution in [3.8, 4) is 11.5 Å². The number of nitrogens with zero attached hydrogens (tertiary/aromatic N) is 1. The summed E-state index contributed by atoms with van der Waals surface area (Å²) in [5, 5.41) is 0. The van der Waals surface area contributed by atoms with Crippen molar-refractivity contribution in [2.75, 3.05) is 14.2 Å². The van der Waals surface area contributed by atoms with Crippen molar-refractivity contribution in [2.45, 2.75) is 24.9 Å². The van der Waals surface area contributed by atoms with E-state index in [9.17, 15) is 4.79 Å². The van der Waals surface area contributed by atoms with Gasteiger partial charge in [-0.15, -0.1) is 0 Å². The van der Waals surface area contributed by atoms with E-state index in [1.54, 1.807) is 14.2 Å². The number of methoxy groups -OCH3 is 2. The van der Waals surface area contributed by atoms with Crippen LogP contribution in [-0.2, 0) is 12.1 Å². The number of ether oxygens (including phenoxy) is 2. The normalized spacial score (nSPS) is 17.3. The summed E-state index contributed by atoms with van der Waals surface area (Å²) in [6.07, 6.45) is 2.02. The van der Waals surface area contributed by atoms with Crippen molar-refractivity contribution < 1.29 is 14.3 Å². The Bertz CT molecular complexity index is 766. The van der Waals surface area contributed by atoms with E-state index in [0.29, 0.717) is 18.0 Å². The Balaban J connectivity index is 1.76. The Morgan fingerprint density at radius 3 is 2.30 bits per heavy atom. The molecule has 4 nitrogen and oxygen atoms in total. The fourth-order valence-electron chi connectivity index (χ4n) is 3.57. The zero-order chi connectivity index (χ0) is 16.0. The topological polar surface area (TPSA) is 38.8 Å². The fourth-order valence-corrected chi connectivity index (χ4v) is 3.57. The number of benzene rings is 2. The molecule has 1 aliphatic carbocycles. The average Bonchev–Trinajstić information content (AvgIpc) is 3.36. The summed E-state index contributed by atoms with van der Waals surface area (Å²) in [6, 6.07) is 13.9. The highest BCUT2D eigenvalue weighted by Crippen LogP contribution is 2.58. The van der Waals surface area contributed by atoms with E-state index in [1.165, 1.54) is 0 Å². The van der Waals surface area contributed by atoms with Crippen LogP contribution in [0.2, 0.25) is 0 Å².